The van der Waals surface area contributed by atoms with Crippen molar-refractivity contribution in [3.63, 3.8) is 0 Å². The molecule has 0 aromatic heterocycles. The van der Waals surface area contributed by atoms with Crippen molar-refractivity contribution in [2.45, 2.75) is 31.8 Å². The van der Waals surface area contributed by atoms with Gasteiger partial charge in [0.05, 0.1) is 6.61 Å². The van der Waals surface area contributed by atoms with Gasteiger partial charge in [-0.25, -0.2) is 0 Å². The number of hydrogen-bond acceptors (Lipinski definition) is 3. The Morgan fingerprint density at radius 1 is 1.41 bits per heavy atom. The van der Waals surface area contributed by atoms with Gasteiger partial charge in [-0.1, -0.05) is 12.1 Å². The number of benzene rings is 1. The normalized spacial score (nSPS) is 21.4. The lowest BCUT2D eigenvalue weighted by Gasteiger charge is -2.24. The molecule has 1 saturated heterocycles. The van der Waals surface area contributed by atoms with E-state index in [-0.39, 0.29) is 0 Å². The van der Waals surface area contributed by atoms with E-state index in [0.717, 1.165) is 18.9 Å². The van der Waals surface area contributed by atoms with Gasteiger partial charge < -0.3 is 15.4 Å². The van der Waals surface area contributed by atoms with Crippen molar-refractivity contribution < 1.29 is 4.74 Å². The maximum Gasteiger partial charge on any atom is 0.119 e. The number of nitrogens with one attached hydrogen (secondary N) is 2. The quantitative estimate of drug-likeness (QED) is 0.818. The fourth-order valence-electron chi connectivity index (χ4n) is 2.53. The first-order valence-corrected chi connectivity index (χ1v) is 6.48. The smallest absolute Gasteiger partial charge is 0.119 e. The highest BCUT2D eigenvalue weighted by molar-refractivity contribution is 5.30. The molecule has 17 heavy (non-hydrogen) atoms. The molecule has 0 bridgehead atoms. The third-order valence-corrected chi connectivity index (χ3v) is 3.36. The topological polar surface area (TPSA) is 33.3 Å². The Morgan fingerprint density at radius 2 is 2.18 bits per heavy atom. The van der Waals surface area contributed by atoms with Gasteiger partial charge in [-0.3, -0.25) is 0 Å². The van der Waals surface area contributed by atoms with E-state index in [4.69, 9.17) is 4.74 Å². The molecule has 3 heteroatoms. The van der Waals surface area contributed by atoms with Crippen molar-refractivity contribution in [2.75, 3.05) is 20.2 Å². The molecular weight excluding hydrogens is 212 g/mol. The summed E-state index contributed by atoms with van der Waals surface area (Å²) in [6.07, 6.45) is 2.53. The van der Waals surface area contributed by atoms with Crippen LogP contribution >= 0.6 is 0 Å². The summed E-state index contributed by atoms with van der Waals surface area (Å²) in [5.41, 5.74) is 1.33. The van der Waals surface area contributed by atoms with Crippen LogP contribution in [0.3, 0.4) is 0 Å². The van der Waals surface area contributed by atoms with Crippen LogP contribution in [0, 0.1) is 0 Å². The molecular formula is C14H22N2O. The molecule has 0 spiro atoms. The summed E-state index contributed by atoms with van der Waals surface area (Å²) in [5.74, 6) is 0.950. The zero-order chi connectivity index (χ0) is 12.1. The van der Waals surface area contributed by atoms with Gasteiger partial charge in [0.2, 0.25) is 0 Å². The average Bonchev–Trinajstić information content (AvgIpc) is 2.86. The Kier molecular flexibility index (Phi) is 4.40. The third-order valence-electron chi connectivity index (χ3n) is 3.36. The number of rotatable bonds is 5. The molecule has 3 nitrogen and oxygen atoms in total. The lowest BCUT2D eigenvalue weighted by Crippen LogP contribution is -2.36. The molecule has 2 rings (SSSR count). The van der Waals surface area contributed by atoms with Crippen LogP contribution in [0.15, 0.2) is 24.3 Å². The van der Waals surface area contributed by atoms with E-state index in [9.17, 15) is 0 Å². The van der Waals surface area contributed by atoms with Crippen LogP contribution in [0.4, 0.5) is 0 Å². The van der Waals surface area contributed by atoms with Crippen LogP contribution < -0.4 is 15.4 Å². The summed E-state index contributed by atoms with van der Waals surface area (Å²) in [4.78, 5) is 0. The van der Waals surface area contributed by atoms with Gasteiger partial charge in [0.1, 0.15) is 5.75 Å². The van der Waals surface area contributed by atoms with Gasteiger partial charge in [0.15, 0.2) is 0 Å². The maximum absolute atomic E-state index is 5.46. The minimum atomic E-state index is 0.396. The fourth-order valence-corrected chi connectivity index (χ4v) is 2.53. The average molecular weight is 234 g/mol. The molecule has 1 aliphatic heterocycles. The van der Waals surface area contributed by atoms with Gasteiger partial charge in [0.25, 0.3) is 0 Å². The summed E-state index contributed by atoms with van der Waals surface area (Å²) < 4.78 is 5.46. The van der Waals surface area contributed by atoms with Crippen molar-refractivity contribution in [2.24, 2.45) is 0 Å². The Morgan fingerprint density at radius 3 is 2.71 bits per heavy atom. The molecule has 2 atom stereocenters. The third kappa shape index (κ3) is 2.99. The highest BCUT2D eigenvalue weighted by Crippen LogP contribution is 2.24. The zero-order valence-electron chi connectivity index (χ0n) is 10.7. The Hall–Kier alpha value is -1.06. The van der Waals surface area contributed by atoms with Gasteiger partial charge in [-0.2, -0.15) is 0 Å². The molecule has 2 unspecified atom stereocenters. The van der Waals surface area contributed by atoms with Crippen LogP contribution in [0.2, 0.25) is 0 Å². The summed E-state index contributed by atoms with van der Waals surface area (Å²) in [6, 6.07) is 9.38. The highest BCUT2D eigenvalue weighted by Gasteiger charge is 2.24. The second-order valence-corrected chi connectivity index (χ2v) is 4.47. The first-order chi connectivity index (χ1) is 8.35. The van der Waals surface area contributed by atoms with Crippen LogP contribution in [0.25, 0.3) is 0 Å². The molecule has 0 saturated carbocycles. The first-order valence-electron chi connectivity index (χ1n) is 6.48. The molecule has 1 aromatic carbocycles. The molecule has 94 valence electrons. The van der Waals surface area contributed by atoms with Crippen LogP contribution in [0.1, 0.15) is 31.4 Å². The van der Waals surface area contributed by atoms with E-state index >= 15 is 0 Å². The van der Waals surface area contributed by atoms with Gasteiger partial charge in [-0.15, -0.1) is 0 Å². The van der Waals surface area contributed by atoms with Crippen LogP contribution in [-0.4, -0.2) is 26.2 Å². The molecule has 1 fully saturated rings. The minimum absolute atomic E-state index is 0.396. The summed E-state index contributed by atoms with van der Waals surface area (Å²) in [7, 11) is 2.03. The molecule has 1 heterocycles. The minimum Gasteiger partial charge on any atom is -0.494 e. The summed E-state index contributed by atoms with van der Waals surface area (Å²) in [6.45, 7) is 3.87. The predicted octanol–water partition coefficient (Wildman–Crippen LogP) is 2.10. The lowest BCUT2D eigenvalue weighted by molar-refractivity contribution is 0.340. The van der Waals surface area contributed by atoms with E-state index in [0.29, 0.717) is 12.1 Å². The van der Waals surface area contributed by atoms with E-state index in [2.05, 4.69) is 34.9 Å². The molecule has 0 radical (unpaired) electrons. The van der Waals surface area contributed by atoms with E-state index < -0.39 is 0 Å². The van der Waals surface area contributed by atoms with Crippen LogP contribution in [-0.2, 0) is 0 Å². The van der Waals surface area contributed by atoms with Crippen LogP contribution in [0.5, 0.6) is 5.75 Å². The van der Waals surface area contributed by atoms with Gasteiger partial charge >= 0.3 is 0 Å². The number of likely N-dealkylation sites (N-methyl/N-ethyl adjacent to an activating group) is 1. The summed E-state index contributed by atoms with van der Waals surface area (Å²) >= 11 is 0. The molecule has 1 aliphatic rings. The second kappa shape index (κ2) is 6.03. The predicted molar refractivity (Wildman–Crippen MR) is 70.4 cm³/mol. The Balaban J connectivity index is 2.07. The second-order valence-electron chi connectivity index (χ2n) is 4.47. The number of ether oxygens (including phenoxy) is 1. The highest BCUT2D eigenvalue weighted by atomic mass is 16.5. The van der Waals surface area contributed by atoms with Crippen molar-refractivity contribution in [3.8, 4) is 5.75 Å². The van der Waals surface area contributed by atoms with Crippen molar-refractivity contribution in [3.05, 3.63) is 29.8 Å². The zero-order valence-corrected chi connectivity index (χ0v) is 10.7. The monoisotopic (exact) mass is 234 g/mol. The number of hydrogen-bond donors (Lipinski definition) is 2. The van der Waals surface area contributed by atoms with Crippen molar-refractivity contribution in [1.82, 2.24) is 10.6 Å². The molecule has 1 aromatic rings. The SMILES string of the molecule is CCOc1ccc(C(NC)C2CCCN2)cc1. The largest absolute Gasteiger partial charge is 0.494 e. The Labute approximate surface area is 104 Å². The van der Waals surface area contributed by atoms with Crippen molar-refractivity contribution in [1.29, 1.82) is 0 Å². The van der Waals surface area contributed by atoms with Gasteiger partial charge in [0, 0.05) is 12.1 Å². The van der Waals surface area contributed by atoms with E-state index in [1.54, 1.807) is 0 Å². The lowest BCUT2D eigenvalue weighted by atomic mass is 9.98. The molecule has 0 aliphatic carbocycles. The molecule has 0 amide bonds. The van der Waals surface area contributed by atoms with Crippen molar-refractivity contribution >= 4 is 0 Å². The van der Waals surface area contributed by atoms with E-state index in [1.807, 2.05) is 14.0 Å². The fraction of sp³-hybridized carbons (Fsp3) is 0.571. The Bertz CT molecular complexity index is 331. The standard InChI is InChI=1S/C14H22N2O/c1-3-17-12-8-6-11(7-9-12)14(15-2)13-5-4-10-16-13/h6-9,13-16H,3-5,10H2,1-2H3. The summed E-state index contributed by atoms with van der Waals surface area (Å²) in [5, 5.41) is 6.96. The first kappa shape index (κ1) is 12.4. The molecule has 2 N–H and O–H groups in total. The van der Waals surface area contributed by atoms with E-state index in [1.165, 1.54) is 18.4 Å². The maximum atomic E-state index is 5.46. The van der Waals surface area contributed by atoms with Gasteiger partial charge in [-0.05, 0) is 51.1 Å².